The van der Waals surface area contributed by atoms with Gasteiger partial charge in [-0.1, -0.05) is 24.3 Å². The van der Waals surface area contributed by atoms with Crippen LogP contribution in [-0.2, 0) is 19.6 Å². The fourth-order valence-corrected chi connectivity index (χ4v) is 4.34. The predicted octanol–water partition coefficient (Wildman–Crippen LogP) is 1.65. The highest BCUT2D eigenvalue weighted by atomic mass is 32.2. The number of nitrogens with zero attached hydrogens (tertiary/aromatic N) is 2. The first-order chi connectivity index (χ1) is 14.3. The monoisotopic (exact) mass is 426 g/mol. The zero-order chi connectivity index (χ0) is 21.5. The third-order valence-corrected chi connectivity index (χ3v) is 6.03. The molecule has 0 spiro atoms. The summed E-state index contributed by atoms with van der Waals surface area (Å²) in [7, 11) is -3.70. The quantitative estimate of drug-likeness (QED) is 0.610. The number of hydrogen-bond acceptors (Lipinski definition) is 7. The molecule has 0 saturated carbocycles. The Morgan fingerprint density at radius 2 is 1.80 bits per heavy atom. The summed E-state index contributed by atoms with van der Waals surface area (Å²) in [6, 6.07) is 12.2. The summed E-state index contributed by atoms with van der Waals surface area (Å²) in [4.78, 5) is 36.0. The van der Waals surface area contributed by atoms with Gasteiger partial charge in [0.05, 0.1) is 15.8 Å². The summed E-state index contributed by atoms with van der Waals surface area (Å²) in [6.45, 7) is 3.08. The number of para-hydroxylation sites is 1. The van der Waals surface area contributed by atoms with Crippen molar-refractivity contribution >= 4 is 32.7 Å². The molecule has 3 aromatic rings. The number of ether oxygens (including phenoxy) is 1. The highest BCUT2D eigenvalue weighted by Crippen LogP contribution is 2.23. The molecule has 1 aliphatic rings. The molecule has 0 fully saturated rings. The third kappa shape index (κ3) is 3.57. The van der Waals surface area contributed by atoms with Crippen LogP contribution in [0.1, 0.15) is 31.3 Å². The number of sulfonamides is 1. The molecular formula is C20H18N4O5S. The topological polar surface area (TPSA) is 131 Å². The van der Waals surface area contributed by atoms with E-state index in [-0.39, 0.29) is 22.1 Å². The second-order valence-electron chi connectivity index (χ2n) is 6.80. The molecule has 0 aliphatic carbocycles. The van der Waals surface area contributed by atoms with Crippen molar-refractivity contribution < 1.29 is 17.9 Å². The summed E-state index contributed by atoms with van der Waals surface area (Å²) < 4.78 is 32.1. The normalized spacial score (nSPS) is 17.9. The molecular weight excluding hydrogens is 408 g/mol. The smallest absolute Gasteiger partial charge is 0.331 e. The number of carbonyl (C=O) groups excluding carboxylic acids is 1. The number of carbonyl (C=O) groups is 1. The average molecular weight is 426 g/mol. The van der Waals surface area contributed by atoms with E-state index in [2.05, 4.69) is 19.7 Å². The Balaban J connectivity index is 1.55. The van der Waals surface area contributed by atoms with Crippen molar-refractivity contribution in [3.8, 4) is 0 Å². The first kappa shape index (κ1) is 19.8. The second kappa shape index (κ2) is 7.38. The summed E-state index contributed by atoms with van der Waals surface area (Å²) >= 11 is 0. The fraction of sp³-hybridized carbons (Fsp3) is 0.200. The van der Waals surface area contributed by atoms with Crippen molar-refractivity contribution in [3.05, 3.63) is 70.3 Å². The maximum absolute atomic E-state index is 12.5. The van der Waals surface area contributed by atoms with Crippen LogP contribution < -0.4 is 10.3 Å². The van der Waals surface area contributed by atoms with E-state index in [1.165, 1.54) is 13.0 Å². The fourth-order valence-electron chi connectivity index (χ4n) is 3.10. The lowest BCUT2D eigenvalue weighted by Gasteiger charge is -2.15. The van der Waals surface area contributed by atoms with E-state index in [1.807, 2.05) is 0 Å². The minimum absolute atomic E-state index is 0.0833. The maximum Gasteiger partial charge on any atom is 0.331 e. The van der Waals surface area contributed by atoms with Crippen LogP contribution in [0.15, 0.2) is 63.2 Å². The van der Waals surface area contributed by atoms with Gasteiger partial charge in [0.2, 0.25) is 0 Å². The van der Waals surface area contributed by atoms with Gasteiger partial charge >= 0.3 is 5.97 Å². The molecule has 0 saturated heterocycles. The van der Waals surface area contributed by atoms with Crippen LogP contribution >= 0.6 is 0 Å². The number of aliphatic imine (C=N–C) groups is 1. The molecule has 10 heteroatoms. The zero-order valence-electron chi connectivity index (χ0n) is 16.1. The van der Waals surface area contributed by atoms with Gasteiger partial charge in [-0.15, -0.1) is 0 Å². The number of esters is 1. The molecule has 154 valence electrons. The Labute approximate surface area is 171 Å². The van der Waals surface area contributed by atoms with Crippen molar-refractivity contribution in [2.24, 2.45) is 4.99 Å². The maximum atomic E-state index is 12.5. The number of rotatable bonds is 4. The summed E-state index contributed by atoms with van der Waals surface area (Å²) in [5, 5.41) is 0.437. The molecule has 0 bridgehead atoms. The molecule has 2 aromatic carbocycles. The van der Waals surface area contributed by atoms with Gasteiger partial charge in [-0.3, -0.25) is 14.5 Å². The van der Waals surface area contributed by atoms with Crippen molar-refractivity contribution in [1.82, 2.24) is 14.7 Å². The number of fused-ring (bicyclic) bond motifs is 2. The number of aromatic amines is 1. The van der Waals surface area contributed by atoms with Gasteiger partial charge in [-0.05, 0) is 38.1 Å². The molecule has 0 amide bonds. The van der Waals surface area contributed by atoms with Gasteiger partial charge in [0.15, 0.2) is 11.9 Å². The Kier molecular flexibility index (Phi) is 4.86. The lowest BCUT2D eigenvalue weighted by Crippen LogP contribution is -2.27. The van der Waals surface area contributed by atoms with Crippen LogP contribution in [0.25, 0.3) is 10.9 Å². The number of hydrogen-bond donors (Lipinski definition) is 2. The zero-order valence-corrected chi connectivity index (χ0v) is 16.9. The lowest BCUT2D eigenvalue weighted by molar-refractivity contribution is -0.150. The van der Waals surface area contributed by atoms with Crippen molar-refractivity contribution in [3.63, 3.8) is 0 Å². The number of benzene rings is 2. The van der Waals surface area contributed by atoms with E-state index in [9.17, 15) is 18.0 Å². The molecule has 9 nitrogen and oxygen atoms in total. The molecule has 30 heavy (non-hydrogen) atoms. The minimum atomic E-state index is -3.70. The number of nitrogens with one attached hydrogen (secondary N) is 2. The van der Waals surface area contributed by atoms with Gasteiger partial charge in [0, 0.05) is 5.56 Å². The Hall–Kier alpha value is -3.53. The van der Waals surface area contributed by atoms with E-state index >= 15 is 0 Å². The van der Waals surface area contributed by atoms with E-state index in [0.29, 0.717) is 16.5 Å². The largest absolute Gasteiger partial charge is 0.453 e. The number of aromatic nitrogens is 2. The van der Waals surface area contributed by atoms with E-state index in [0.717, 1.165) is 0 Å². The average Bonchev–Trinajstić information content (AvgIpc) is 2.98. The molecule has 2 heterocycles. The van der Waals surface area contributed by atoms with Crippen LogP contribution in [0.3, 0.4) is 0 Å². The van der Waals surface area contributed by atoms with Gasteiger partial charge in [0.25, 0.3) is 15.6 Å². The summed E-state index contributed by atoms with van der Waals surface area (Å²) in [5.74, 6) is -0.395. The SMILES string of the molecule is CC(OC(=O)[C@H](C)N=C1NS(=O)(=O)c2ccccc21)c1nc2ccccc2c(=O)[nH]1. The van der Waals surface area contributed by atoms with E-state index < -0.39 is 28.1 Å². The van der Waals surface area contributed by atoms with E-state index in [4.69, 9.17) is 4.74 Å². The molecule has 0 radical (unpaired) electrons. The molecule has 1 aliphatic heterocycles. The molecule has 1 unspecified atom stereocenters. The third-order valence-electron chi connectivity index (χ3n) is 4.64. The van der Waals surface area contributed by atoms with Gasteiger partial charge in [0.1, 0.15) is 11.9 Å². The molecule has 2 N–H and O–H groups in total. The van der Waals surface area contributed by atoms with Crippen LogP contribution in [0.4, 0.5) is 0 Å². The Bertz CT molecular complexity index is 1350. The predicted molar refractivity (Wildman–Crippen MR) is 110 cm³/mol. The van der Waals surface area contributed by atoms with Crippen LogP contribution in [0.5, 0.6) is 0 Å². The molecule has 1 aromatic heterocycles. The van der Waals surface area contributed by atoms with Gasteiger partial charge < -0.3 is 9.72 Å². The van der Waals surface area contributed by atoms with Gasteiger partial charge in [-0.25, -0.2) is 18.2 Å². The molecule has 4 rings (SSSR count). The van der Waals surface area contributed by atoms with Crippen molar-refractivity contribution in [2.75, 3.05) is 0 Å². The van der Waals surface area contributed by atoms with E-state index in [1.54, 1.807) is 49.4 Å². The minimum Gasteiger partial charge on any atom is -0.453 e. The Morgan fingerprint density at radius 3 is 2.60 bits per heavy atom. The highest BCUT2D eigenvalue weighted by Gasteiger charge is 2.31. The first-order valence-electron chi connectivity index (χ1n) is 9.16. The Morgan fingerprint density at radius 1 is 1.10 bits per heavy atom. The number of amidine groups is 1. The van der Waals surface area contributed by atoms with Crippen LogP contribution in [0.2, 0.25) is 0 Å². The van der Waals surface area contributed by atoms with Crippen molar-refractivity contribution in [1.29, 1.82) is 0 Å². The summed E-state index contributed by atoms with van der Waals surface area (Å²) in [5.41, 5.74) is 0.555. The molecule has 2 atom stereocenters. The standard InChI is InChI=1S/C20H18N4O5S/c1-11(21-18-14-8-4-6-10-16(14)30(27,28)24-18)20(26)29-12(2)17-22-15-9-5-3-7-13(15)19(25)23-17/h3-12H,1-2H3,(H,21,24)(H,22,23,25)/t11-,12?/m0/s1. The number of H-pyrrole nitrogens is 1. The van der Waals surface area contributed by atoms with Crippen molar-refractivity contribution in [2.45, 2.75) is 30.9 Å². The lowest BCUT2D eigenvalue weighted by atomic mass is 10.2. The summed E-state index contributed by atoms with van der Waals surface area (Å²) in [6.07, 6.45) is -0.829. The second-order valence-corrected chi connectivity index (χ2v) is 8.45. The highest BCUT2D eigenvalue weighted by molar-refractivity contribution is 7.90. The van der Waals surface area contributed by atoms with Crippen LogP contribution in [-0.4, -0.2) is 36.2 Å². The van der Waals surface area contributed by atoms with Crippen LogP contribution in [0, 0.1) is 0 Å². The van der Waals surface area contributed by atoms with Gasteiger partial charge in [-0.2, -0.15) is 0 Å². The first-order valence-corrected chi connectivity index (χ1v) is 10.6.